The van der Waals surface area contributed by atoms with Crippen LogP contribution in [0.2, 0.25) is 0 Å². The number of likely N-dealkylation sites (tertiary alicyclic amines) is 1. The van der Waals surface area contributed by atoms with Gasteiger partial charge in [-0.15, -0.1) is 11.3 Å². The molecular formula is C18H23N3O4S. The fourth-order valence-electron chi connectivity index (χ4n) is 3.20. The lowest BCUT2D eigenvalue weighted by molar-refractivity contribution is -0.151. The van der Waals surface area contributed by atoms with Crippen molar-refractivity contribution < 1.29 is 14.3 Å². The van der Waals surface area contributed by atoms with Gasteiger partial charge in [-0.3, -0.25) is 19.0 Å². The van der Waals surface area contributed by atoms with Crippen LogP contribution in [0.3, 0.4) is 0 Å². The van der Waals surface area contributed by atoms with Crippen molar-refractivity contribution in [2.45, 2.75) is 39.7 Å². The molecule has 7 nitrogen and oxygen atoms in total. The average Bonchev–Trinajstić information content (AvgIpc) is 3.08. The quantitative estimate of drug-likeness (QED) is 0.743. The van der Waals surface area contributed by atoms with Crippen LogP contribution in [0.1, 0.15) is 31.6 Å². The molecule has 1 amide bonds. The number of rotatable bonds is 5. The zero-order valence-corrected chi connectivity index (χ0v) is 15.9. The number of fused-ring (bicyclic) bond motifs is 1. The summed E-state index contributed by atoms with van der Waals surface area (Å²) in [6.45, 7) is 5.02. The molecule has 1 saturated heterocycles. The van der Waals surface area contributed by atoms with Crippen molar-refractivity contribution in [1.29, 1.82) is 0 Å². The van der Waals surface area contributed by atoms with Crippen LogP contribution in [0.4, 0.5) is 0 Å². The van der Waals surface area contributed by atoms with Crippen molar-refractivity contribution in [2.24, 2.45) is 5.92 Å². The molecule has 0 N–H and O–H groups in total. The highest BCUT2D eigenvalue weighted by atomic mass is 32.1. The Bertz CT molecular complexity index is 873. The van der Waals surface area contributed by atoms with Crippen molar-refractivity contribution in [1.82, 2.24) is 14.5 Å². The first kappa shape index (κ1) is 18.6. The minimum Gasteiger partial charge on any atom is -0.466 e. The van der Waals surface area contributed by atoms with Gasteiger partial charge < -0.3 is 9.64 Å². The Labute approximate surface area is 155 Å². The molecule has 0 spiro atoms. The summed E-state index contributed by atoms with van der Waals surface area (Å²) >= 11 is 1.50. The minimum atomic E-state index is -0.283. The van der Waals surface area contributed by atoms with Crippen LogP contribution in [0.25, 0.3) is 10.2 Å². The molecule has 1 fully saturated rings. The van der Waals surface area contributed by atoms with Crippen LogP contribution in [0.5, 0.6) is 0 Å². The molecule has 0 aliphatic carbocycles. The molecule has 0 bridgehead atoms. The predicted octanol–water partition coefficient (Wildman–Crippen LogP) is 1.82. The third kappa shape index (κ3) is 3.80. The van der Waals surface area contributed by atoms with Crippen LogP contribution in [0.15, 0.2) is 17.2 Å². The summed E-state index contributed by atoms with van der Waals surface area (Å²) in [4.78, 5) is 44.9. The summed E-state index contributed by atoms with van der Waals surface area (Å²) in [5.41, 5.74) is -0.196. The predicted molar refractivity (Wildman–Crippen MR) is 99.2 cm³/mol. The Balaban J connectivity index is 1.73. The number of ether oxygens (including phenoxy) is 1. The summed E-state index contributed by atoms with van der Waals surface area (Å²) in [6, 6.07) is 1.86. The number of piperidine rings is 1. The highest BCUT2D eigenvalue weighted by molar-refractivity contribution is 7.18. The molecule has 140 valence electrons. The van der Waals surface area contributed by atoms with E-state index in [2.05, 4.69) is 4.98 Å². The van der Waals surface area contributed by atoms with Gasteiger partial charge >= 0.3 is 5.97 Å². The summed E-state index contributed by atoms with van der Waals surface area (Å²) in [5, 5.41) is 0.560. The van der Waals surface area contributed by atoms with Gasteiger partial charge in [-0.05, 0) is 32.3 Å². The van der Waals surface area contributed by atoms with Crippen LogP contribution < -0.4 is 5.56 Å². The van der Waals surface area contributed by atoms with E-state index in [-0.39, 0.29) is 29.9 Å². The van der Waals surface area contributed by atoms with Crippen LogP contribution in [0, 0.1) is 5.92 Å². The van der Waals surface area contributed by atoms with Gasteiger partial charge in [0.15, 0.2) is 0 Å². The van der Waals surface area contributed by atoms with E-state index in [0.717, 1.165) is 24.1 Å². The molecule has 2 aromatic heterocycles. The first-order valence-electron chi connectivity index (χ1n) is 8.95. The highest BCUT2D eigenvalue weighted by Gasteiger charge is 2.29. The minimum absolute atomic E-state index is 0.0609. The second kappa shape index (κ2) is 7.99. The van der Waals surface area contributed by atoms with Gasteiger partial charge in [0.05, 0.1) is 24.2 Å². The van der Waals surface area contributed by atoms with Gasteiger partial charge in [0, 0.05) is 18.0 Å². The molecule has 1 atom stereocenters. The average molecular weight is 377 g/mol. The molecule has 8 heteroatoms. The first-order valence-corrected chi connectivity index (χ1v) is 9.77. The maximum absolute atomic E-state index is 12.6. The van der Waals surface area contributed by atoms with E-state index >= 15 is 0 Å². The molecule has 0 saturated carbocycles. The number of nitrogens with zero attached hydrogens (tertiary/aromatic N) is 3. The molecule has 0 radical (unpaired) electrons. The lowest BCUT2D eigenvalue weighted by Gasteiger charge is -2.31. The molecule has 3 heterocycles. The Morgan fingerprint density at radius 2 is 2.19 bits per heavy atom. The third-order valence-electron chi connectivity index (χ3n) is 4.62. The van der Waals surface area contributed by atoms with Crippen LogP contribution in [-0.4, -0.2) is 46.0 Å². The second-order valence-corrected chi connectivity index (χ2v) is 7.51. The number of aryl methyl sites for hydroxylation is 1. The molecule has 1 aliphatic rings. The van der Waals surface area contributed by atoms with E-state index in [4.69, 9.17) is 4.74 Å². The fourth-order valence-corrected chi connectivity index (χ4v) is 4.12. The highest BCUT2D eigenvalue weighted by Crippen LogP contribution is 2.21. The third-order valence-corrected chi connectivity index (χ3v) is 5.80. The molecule has 0 aromatic carbocycles. The number of amides is 1. The monoisotopic (exact) mass is 377 g/mol. The van der Waals surface area contributed by atoms with Crippen molar-refractivity contribution in [2.75, 3.05) is 19.7 Å². The Hall–Kier alpha value is -2.22. The lowest BCUT2D eigenvalue weighted by Crippen LogP contribution is -2.45. The van der Waals surface area contributed by atoms with Crippen LogP contribution >= 0.6 is 11.3 Å². The summed E-state index contributed by atoms with van der Waals surface area (Å²) < 4.78 is 6.42. The van der Waals surface area contributed by atoms with Crippen LogP contribution in [-0.2, 0) is 27.3 Å². The van der Waals surface area contributed by atoms with E-state index in [1.807, 2.05) is 13.0 Å². The Morgan fingerprint density at radius 1 is 1.38 bits per heavy atom. The molecule has 2 aromatic rings. The summed E-state index contributed by atoms with van der Waals surface area (Å²) in [7, 11) is 0. The van der Waals surface area contributed by atoms with E-state index in [0.29, 0.717) is 29.9 Å². The van der Waals surface area contributed by atoms with Gasteiger partial charge in [-0.2, -0.15) is 0 Å². The van der Waals surface area contributed by atoms with E-state index in [1.165, 1.54) is 22.2 Å². The van der Waals surface area contributed by atoms with Crippen molar-refractivity contribution in [3.63, 3.8) is 0 Å². The molecular weight excluding hydrogens is 354 g/mol. The topological polar surface area (TPSA) is 81.5 Å². The lowest BCUT2D eigenvalue weighted by atomic mass is 9.98. The number of aromatic nitrogens is 2. The molecule has 1 aliphatic heterocycles. The Kier molecular flexibility index (Phi) is 5.70. The Morgan fingerprint density at radius 3 is 2.92 bits per heavy atom. The number of hydrogen-bond acceptors (Lipinski definition) is 6. The van der Waals surface area contributed by atoms with Gasteiger partial charge in [0.1, 0.15) is 11.4 Å². The number of carbonyl (C=O) groups excluding carboxylic acids is 2. The van der Waals surface area contributed by atoms with Crippen molar-refractivity contribution in [3.05, 3.63) is 27.6 Å². The van der Waals surface area contributed by atoms with Crippen molar-refractivity contribution >= 4 is 33.4 Å². The van der Waals surface area contributed by atoms with E-state index in [9.17, 15) is 14.4 Å². The van der Waals surface area contributed by atoms with Gasteiger partial charge in [0.25, 0.3) is 5.56 Å². The maximum Gasteiger partial charge on any atom is 0.310 e. The standard InChI is InChI=1S/C18H23N3O4S/c1-3-13-8-14-16(26-13)19-11-21(17(14)23)10-15(22)20-7-5-6-12(9-20)18(24)25-4-2/h8,11-12H,3-7,9-10H2,1-2H3. The van der Waals surface area contributed by atoms with E-state index in [1.54, 1.807) is 11.8 Å². The van der Waals surface area contributed by atoms with E-state index < -0.39 is 0 Å². The second-order valence-electron chi connectivity index (χ2n) is 6.39. The SMILES string of the molecule is CCOC(=O)C1CCCN(C(=O)Cn2cnc3sc(CC)cc3c2=O)C1. The van der Waals surface area contributed by atoms with Crippen molar-refractivity contribution in [3.8, 4) is 0 Å². The molecule has 3 rings (SSSR count). The smallest absolute Gasteiger partial charge is 0.310 e. The number of hydrogen-bond donors (Lipinski definition) is 0. The number of thiophene rings is 1. The normalized spacial score (nSPS) is 17.5. The largest absolute Gasteiger partial charge is 0.466 e. The van der Waals surface area contributed by atoms with Gasteiger partial charge in [-0.25, -0.2) is 4.98 Å². The molecule has 26 heavy (non-hydrogen) atoms. The maximum atomic E-state index is 12.6. The zero-order chi connectivity index (χ0) is 18.7. The zero-order valence-electron chi connectivity index (χ0n) is 15.1. The number of esters is 1. The molecule has 1 unspecified atom stereocenters. The van der Waals surface area contributed by atoms with Gasteiger partial charge in [0.2, 0.25) is 5.91 Å². The summed E-state index contributed by atoms with van der Waals surface area (Å²) in [6.07, 6.45) is 3.77. The first-order chi connectivity index (χ1) is 12.5. The number of carbonyl (C=O) groups is 2. The summed E-state index contributed by atoms with van der Waals surface area (Å²) in [5.74, 6) is -0.710. The fraction of sp³-hybridized carbons (Fsp3) is 0.556. The van der Waals surface area contributed by atoms with Gasteiger partial charge in [-0.1, -0.05) is 6.92 Å².